The number of pyridine rings is 1. The van der Waals surface area contributed by atoms with Gasteiger partial charge < -0.3 is 10.4 Å². The van der Waals surface area contributed by atoms with Crippen LogP contribution in [0.15, 0.2) is 30.3 Å². The van der Waals surface area contributed by atoms with E-state index in [1.807, 2.05) is 6.07 Å². The Hall–Kier alpha value is -2.45. The van der Waals surface area contributed by atoms with Crippen molar-refractivity contribution in [3.8, 4) is 6.07 Å². The lowest BCUT2D eigenvalue weighted by Crippen LogP contribution is -2.23. The van der Waals surface area contributed by atoms with Crippen molar-refractivity contribution in [1.82, 2.24) is 4.98 Å². The van der Waals surface area contributed by atoms with Gasteiger partial charge in [-0.3, -0.25) is 0 Å². The molecule has 0 aliphatic heterocycles. The average molecular weight is 337 g/mol. The molecule has 2 aliphatic rings. The zero-order chi connectivity index (χ0) is 17.4. The second-order valence-electron chi connectivity index (χ2n) is 7.04. The van der Waals surface area contributed by atoms with Crippen LogP contribution in [0, 0.1) is 17.1 Å². The fourth-order valence-corrected chi connectivity index (χ4v) is 4.11. The van der Waals surface area contributed by atoms with Crippen LogP contribution in [0.25, 0.3) is 0 Å². The lowest BCUT2D eigenvalue weighted by Gasteiger charge is -2.18. The summed E-state index contributed by atoms with van der Waals surface area (Å²) in [6, 6.07) is 10.3. The van der Waals surface area contributed by atoms with Crippen molar-refractivity contribution in [2.75, 3.05) is 11.9 Å². The quantitative estimate of drug-likeness (QED) is 0.876. The summed E-state index contributed by atoms with van der Waals surface area (Å²) in [5.41, 5.74) is 3.78. The highest BCUT2D eigenvalue weighted by Gasteiger charge is 2.38. The van der Waals surface area contributed by atoms with Gasteiger partial charge in [0, 0.05) is 24.6 Å². The molecule has 0 spiro atoms. The molecule has 2 aromatic rings. The Morgan fingerprint density at radius 1 is 1.28 bits per heavy atom. The summed E-state index contributed by atoms with van der Waals surface area (Å²) >= 11 is 0. The number of anilines is 1. The number of aliphatic hydroxyl groups excluding tert-OH is 1. The highest BCUT2D eigenvalue weighted by atomic mass is 19.1. The lowest BCUT2D eigenvalue weighted by atomic mass is 9.95. The molecule has 3 unspecified atom stereocenters. The van der Waals surface area contributed by atoms with Crippen LogP contribution in [0.1, 0.15) is 53.5 Å². The molecule has 1 heterocycles. The van der Waals surface area contributed by atoms with E-state index in [-0.39, 0.29) is 5.82 Å². The topological polar surface area (TPSA) is 68.9 Å². The minimum absolute atomic E-state index is 0.285. The van der Waals surface area contributed by atoms with E-state index in [9.17, 15) is 14.8 Å². The molecule has 0 saturated heterocycles. The fourth-order valence-electron chi connectivity index (χ4n) is 4.11. The molecule has 2 N–H and O–H groups in total. The van der Waals surface area contributed by atoms with Crippen molar-refractivity contribution in [1.29, 1.82) is 5.26 Å². The Morgan fingerprint density at radius 3 is 2.80 bits per heavy atom. The molecule has 25 heavy (non-hydrogen) atoms. The molecular formula is C20H20FN3O. The van der Waals surface area contributed by atoms with Crippen LogP contribution in [0.2, 0.25) is 0 Å². The van der Waals surface area contributed by atoms with Gasteiger partial charge in [-0.2, -0.15) is 5.26 Å². The first-order chi connectivity index (χ1) is 12.1. The van der Waals surface area contributed by atoms with E-state index in [1.165, 1.54) is 30.5 Å². The lowest BCUT2D eigenvalue weighted by molar-refractivity contribution is 0.188. The van der Waals surface area contributed by atoms with Gasteiger partial charge in [0.25, 0.3) is 0 Å². The summed E-state index contributed by atoms with van der Waals surface area (Å²) in [6.07, 6.45) is 3.33. The maximum absolute atomic E-state index is 12.9. The van der Waals surface area contributed by atoms with Crippen LogP contribution in [0.3, 0.4) is 0 Å². The first-order valence-electron chi connectivity index (χ1n) is 8.75. The van der Waals surface area contributed by atoms with Gasteiger partial charge in [-0.05, 0) is 54.5 Å². The first kappa shape index (κ1) is 16.0. The standard InChI is InChI=1S/C20H20FN3O/c21-16-5-1-12(2-6-16)7-17(25)11-23-20-15(10-22)9-18-13-3-4-14(8-13)19(18)24-20/h1-2,5-6,9,13-14,17,25H,3-4,7-8,11H2,(H,23,24). The van der Waals surface area contributed by atoms with Crippen molar-refractivity contribution < 1.29 is 9.50 Å². The molecule has 128 valence electrons. The van der Waals surface area contributed by atoms with Gasteiger partial charge in [0.05, 0.1) is 11.7 Å². The Morgan fingerprint density at radius 2 is 2.04 bits per heavy atom. The largest absolute Gasteiger partial charge is 0.391 e. The molecule has 3 atom stereocenters. The first-order valence-corrected chi connectivity index (χ1v) is 8.75. The Bertz CT molecular complexity index is 828. The monoisotopic (exact) mass is 337 g/mol. The predicted octanol–water partition coefficient (Wildman–Crippen LogP) is 3.47. The molecule has 1 saturated carbocycles. The summed E-state index contributed by atoms with van der Waals surface area (Å²) in [7, 11) is 0. The number of rotatable bonds is 5. The van der Waals surface area contributed by atoms with Crippen LogP contribution in [0.4, 0.5) is 10.2 Å². The van der Waals surface area contributed by atoms with Crippen LogP contribution < -0.4 is 5.32 Å². The molecular weight excluding hydrogens is 317 g/mol. The predicted molar refractivity (Wildman–Crippen MR) is 92.9 cm³/mol. The summed E-state index contributed by atoms with van der Waals surface area (Å²) in [6.45, 7) is 0.298. The van der Waals surface area contributed by atoms with Crippen LogP contribution >= 0.6 is 0 Å². The summed E-state index contributed by atoms with van der Waals surface area (Å²) in [5.74, 6) is 1.37. The molecule has 4 rings (SSSR count). The fraction of sp³-hybridized carbons (Fsp3) is 0.400. The number of nitrogens with one attached hydrogen (secondary N) is 1. The van der Waals surface area contributed by atoms with Gasteiger partial charge in [-0.15, -0.1) is 0 Å². The average Bonchev–Trinajstić information content (AvgIpc) is 3.23. The number of nitrogens with zero attached hydrogens (tertiary/aromatic N) is 2. The third-order valence-electron chi connectivity index (χ3n) is 5.35. The van der Waals surface area contributed by atoms with Gasteiger partial charge in [0.15, 0.2) is 0 Å². The zero-order valence-electron chi connectivity index (χ0n) is 13.9. The summed E-state index contributed by atoms with van der Waals surface area (Å²) in [5, 5.41) is 22.8. The Balaban J connectivity index is 1.45. The number of benzene rings is 1. The SMILES string of the molecule is N#Cc1cc2c(nc1NCC(O)Cc1ccc(F)cc1)C1CCC2C1. The minimum atomic E-state index is -0.636. The molecule has 2 aliphatic carbocycles. The van der Waals surface area contributed by atoms with Crippen molar-refractivity contribution in [3.63, 3.8) is 0 Å². The second kappa shape index (κ2) is 6.45. The number of halogens is 1. The summed E-state index contributed by atoms with van der Waals surface area (Å²) < 4.78 is 12.9. The van der Waals surface area contributed by atoms with Crippen molar-refractivity contribution >= 4 is 5.82 Å². The van der Waals surface area contributed by atoms with Crippen molar-refractivity contribution in [3.05, 3.63) is 58.5 Å². The normalized spacial score (nSPS) is 21.6. The van der Waals surface area contributed by atoms with Gasteiger partial charge >= 0.3 is 0 Å². The van der Waals surface area contributed by atoms with Crippen LogP contribution in [-0.4, -0.2) is 22.7 Å². The molecule has 1 fully saturated rings. The maximum atomic E-state index is 12.9. The van der Waals surface area contributed by atoms with Crippen LogP contribution in [0.5, 0.6) is 0 Å². The van der Waals surface area contributed by atoms with E-state index in [4.69, 9.17) is 4.98 Å². The molecule has 0 amide bonds. The zero-order valence-corrected chi connectivity index (χ0v) is 13.9. The number of aliphatic hydroxyl groups is 1. The van der Waals surface area contributed by atoms with Gasteiger partial charge in [-0.1, -0.05) is 12.1 Å². The van der Waals surface area contributed by atoms with E-state index in [1.54, 1.807) is 12.1 Å². The van der Waals surface area contributed by atoms with Gasteiger partial charge in [-0.25, -0.2) is 9.37 Å². The molecule has 1 aromatic carbocycles. The van der Waals surface area contributed by atoms with Crippen molar-refractivity contribution in [2.45, 2.75) is 43.6 Å². The minimum Gasteiger partial charge on any atom is -0.391 e. The Kier molecular flexibility index (Phi) is 4.14. The van der Waals surface area contributed by atoms with Gasteiger partial charge in [0.1, 0.15) is 17.7 Å². The van der Waals surface area contributed by atoms with E-state index >= 15 is 0 Å². The number of fused-ring (bicyclic) bond motifs is 5. The number of hydrogen-bond donors (Lipinski definition) is 2. The number of aromatic nitrogens is 1. The highest BCUT2D eigenvalue weighted by Crippen LogP contribution is 2.52. The summed E-state index contributed by atoms with van der Waals surface area (Å²) in [4.78, 5) is 4.70. The molecule has 1 aromatic heterocycles. The molecule has 4 nitrogen and oxygen atoms in total. The van der Waals surface area contributed by atoms with E-state index in [0.717, 1.165) is 17.7 Å². The third kappa shape index (κ3) is 3.10. The van der Waals surface area contributed by atoms with E-state index in [2.05, 4.69) is 11.4 Å². The highest BCUT2D eigenvalue weighted by molar-refractivity contribution is 5.57. The van der Waals surface area contributed by atoms with E-state index < -0.39 is 6.10 Å². The van der Waals surface area contributed by atoms with Gasteiger partial charge in [0.2, 0.25) is 0 Å². The Labute approximate surface area is 146 Å². The van der Waals surface area contributed by atoms with Crippen LogP contribution in [-0.2, 0) is 6.42 Å². The number of hydrogen-bond acceptors (Lipinski definition) is 4. The van der Waals surface area contributed by atoms with Crippen molar-refractivity contribution in [2.24, 2.45) is 0 Å². The molecule has 2 bridgehead atoms. The smallest absolute Gasteiger partial charge is 0.144 e. The molecule has 5 heteroatoms. The maximum Gasteiger partial charge on any atom is 0.144 e. The second-order valence-corrected chi connectivity index (χ2v) is 7.04. The molecule has 0 radical (unpaired) electrons. The number of nitriles is 1. The van der Waals surface area contributed by atoms with E-state index in [0.29, 0.717) is 36.2 Å². The third-order valence-corrected chi connectivity index (χ3v) is 5.35.